The number of nitrogens with zero attached hydrogens (tertiary/aromatic N) is 1. The van der Waals surface area contributed by atoms with Gasteiger partial charge < -0.3 is 10.5 Å². The molecule has 0 fully saturated rings. The van der Waals surface area contributed by atoms with E-state index in [9.17, 15) is 4.39 Å². The van der Waals surface area contributed by atoms with E-state index in [2.05, 4.69) is 20.9 Å². The van der Waals surface area contributed by atoms with Crippen molar-refractivity contribution >= 4 is 27.5 Å². The van der Waals surface area contributed by atoms with E-state index < -0.39 is 5.82 Å². The zero-order chi connectivity index (χ0) is 14.7. The van der Waals surface area contributed by atoms with E-state index >= 15 is 0 Å². The second-order valence-corrected chi connectivity index (χ2v) is 5.49. The number of hydrogen-bond donors (Lipinski definition) is 1. The highest BCUT2D eigenvalue weighted by atomic mass is 79.9. The Morgan fingerprint density at radius 3 is 2.80 bits per heavy atom. The number of benzene rings is 1. The molecule has 0 aliphatic heterocycles. The molecule has 1 heterocycles. The maximum absolute atomic E-state index is 13.4. The smallest absolute Gasteiger partial charge is 0.145 e. The monoisotopic (exact) mass is 358 g/mol. The Labute approximate surface area is 130 Å². The average molecular weight is 360 g/mol. The molecule has 1 aromatic heterocycles. The summed E-state index contributed by atoms with van der Waals surface area (Å²) in [6, 6.07) is 6.11. The summed E-state index contributed by atoms with van der Waals surface area (Å²) >= 11 is 8.94. The van der Waals surface area contributed by atoms with Gasteiger partial charge in [0.25, 0.3) is 0 Å². The van der Waals surface area contributed by atoms with Gasteiger partial charge in [0.05, 0.1) is 21.4 Å². The van der Waals surface area contributed by atoms with Crippen LogP contribution in [0.4, 0.5) is 4.39 Å². The molecule has 0 aliphatic carbocycles. The first-order chi connectivity index (χ1) is 9.51. The molecule has 2 rings (SSSR count). The number of halogens is 3. The Morgan fingerprint density at radius 2 is 2.20 bits per heavy atom. The molecule has 0 spiro atoms. The summed E-state index contributed by atoms with van der Waals surface area (Å²) in [5.74, 6) is 0.295. The standard InChI is InChI=1S/C14H13BrClFN2O/c1-2-12(18)13-4-3-8(7-19-13)20-14-6-11(17)10(16)5-9(14)15/h3-7,12H,2,18H2,1H3/t12-/m1/s1. The fourth-order valence-corrected chi connectivity index (χ4v) is 2.31. The SMILES string of the molecule is CC[C@@H](N)c1ccc(Oc2cc(F)c(Cl)cc2Br)cn1. The molecule has 2 aromatic rings. The van der Waals surface area contributed by atoms with Gasteiger partial charge in [-0.05, 0) is 40.5 Å². The molecular formula is C14H13BrClFN2O. The summed E-state index contributed by atoms with van der Waals surface area (Å²) in [4.78, 5) is 4.23. The van der Waals surface area contributed by atoms with Crippen molar-refractivity contribution in [1.29, 1.82) is 0 Å². The van der Waals surface area contributed by atoms with Gasteiger partial charge in [0, 0.05) is 12.1 Å². The van der Waals surface area contributed by atoms with Crippen LogP contribution >= 0.6 is 27.5 Å². The van der Waals surface area contributed by atoms with Crippen LogP contribution in [0.2, 0.25) is 5.02 Å². The third-order valence-corrected chi connectivity index (χ3v) is 3.69. The molecule has 2 N–H and O–H groups in total. The van der Waals surface area contributed by atoms with Crippen LogP contribution in [0.3, 0.4) is 0 Å². The molecule has 0 aliphatic rings. The topological polar surface area (TPSA) is 48.1 Å². The first kappa shape index (κ1) is 15.2. The van der Waals surface area contributed by atoms with E-state index in [-0.39, 0.29) is 11.1 Å². The van der Waals surface area contributed by atoms with Crippen LogP contribution < -0.4 is 10.5 Å². The second-order valence-electron chi connectivity index (χ2n) is 4.23. The Balaban J connectivity index is 2.20. The summed E-state index contributed by atoms with van der Waals surface area (Å²) < 4.78 is 19.5. The fourth-order valence-electron chi connectivity index (χ4n) is 1.59. The molecule has 0 saturated carbocycles. The van der Waals surface area contributed by atoms with Crippen molar-refractivity contribution in [2.24, 2.45) is 5.73 Å². The third-order valence-electron chi connectivity index (χ3n) is 2.78. The van der Waals surface area contributed by atoms with Gasteiger partial charge >= 0.3 is 0 Å². The molecule has 1 aromatic carbocycles. The number of pyridine rings is 1. The van der Waals surface area contributed by atoms with Crippen LogP contribution in [-0.4, -0.2) is 4.98 Å². The first-order valence-corrected chi connectivity index (χ1v) is 7.22. The molecule has 0 amide bonds. The number of ether oxygens (including phenoxy) is 1. The number of rotatable bonds is 4. The zero-order valence-corrected chi connectivity index (χ0v) is 13.1. The summed E-state index contributed by atoms with van der Waals surface area (Å²) in [5, 5.41) is 0.0339. The first-order valence-electron chi connectivity index (χ1n) is 6.05. The van der Waals surface area contributed by atoms with Gasteiger partial charge in [-0.2, -0.15) is 0 Å². The molecule has 3 nitrogen and oxygen atoms in total. The largest absolute Gasteiger partial charge is 0.454 e. The van der Waals surface area contributed by atoms with Crippen LogP contribution in [0.15, 0.2) is 34.9 Å². The quantitative estimate of drug-likeness (QED) is 0.795. The van der Waals surface area contributed by atoms with E-state index in [1.807, 2.05) is 6.92 Å². The van der Waals surface area contributed by atoms with Crippen molar-refractivity contribution in [3.63, 3.8) is 0 Å². The lowest BCUT2D eigenvalue weighted by Gasteiger charge is -2.11. The Bertz CT molecular complexity index is 607. The fraction of sp³-hybridized carbons (Fsp3) is 0.214. The predicted molar refractivity (Wildman–Crippen MR) is 80.6 cm³/mol. The van der Waals surface area contributed by atoms with Crippen molar-refractivity contribution < 1.29 is 9.13 Å². The highest BCUT2D eigenvalue weighted by Crippen LogP contribution is 2.33. The number of aromatic nitrogens is 1. The average Bonchev–Trinajstić information content (AvgIpc) is 2.44. The van der Waals surface area contributed by atoms with E-state index in [0.29, 0.717) is 16.0 Å². The molecule has 20 heavy (non-hydrogen) atoms. The minimum Gasteiger partial charge on any atom is -0.454 e. The number of nitrogens with two attached hydrogens (primary N) is 1. The lowest BCUT2D eigenvalue weighted by molar-refractivity contribution is 0.470. The molecular weight excluding hydrogens is 347 g/mol. The minimum atomic E-state index is -0.539. The van der Waals surface area contributed by atoms with Crippen LogP contribution in [0, 0.1) is 5.82 Å². The van der Waals surface area contributed by atoms with Crippen molar-refractivity contribution in [3.8, 4) is 11.5 Å². The van der Waals surface area contributed by atoms with E-state index in [1.165, 1.54) is 12.1 Å². The molecule has 0 unspecified atom stereocenters. The van der Waals surface area contributed by atoms with Gasteiger partial charge in [-0.1, -0.05) is 18.5 Å². The molecule has 0 saturated heterocycles. The van der Waals surface area contributed by atoms with Crippen LogP contribution in [0.5, 0.6) is 11.5 Å². The van der Waals surface area contributed by atoms with Gasteiger partial charge in [-0.15, -0.1) is 0 Å². The Morgan fingerprint density at radius 1 is 1.45 bits per heavy atom. The van der Waals surface area contributed by atoms with Gasteiger partial charge in [0.15, 0.2) is 0 Å². The molecule has 0 radical (unpaired) electrons. The lowest BCUT2D eigenvalue weighted by Crippen LogP contribution is -2.10. The Kier molecular flexibility index (Phi) is 4.96. The van der Waals surface area contributed by atoms with Gasteiger partial charge in [0.2, 0.25) is 0 Å². The van der Waals surface area contributed by atoms with Crippen molar-refractivity contribution in [1.82, 2.24) is 4.98 Å². The van der Waals surface area contributed by atoms with E-state index in [4.69, 9.17) is 22.1 Å². The summed E-state index contributed by atoms with van der Waals surface area (Å²) in [5.41, 5.74) is 6.68. The van der Waals surface area contributed by atoms with Crippen molar-refractivity contribution in [2.45, 2.75) is 19.4 Å². The highest BCUT2D eigenvalue weighted by molar-refractivity contribution is 9.10. The van der Waals surface area contributed by atoms with Gasteiger partial charge in [0.1, 0.15) is 17.3 Å². The molecule has 1 atom stereocenters. The molecule has 106 valence electrons. The summed E-state index contributed by atoms with van der Waals surface area (Å²) in [7, 11) is 0. The predicted octanol–water partition coefficient (Wildman–Crippen LogP) is 4.84. The Hall–Kier alpha value is -1.17. The highest BCUT2D eigenvalue weighted by Gasteiger charge is 2.10. The van der Waals surface area contributed by atoms with Crippen LogP contribution in [-0.2, 0) is 0 Å². The van der Waals surface area contributed by atoms with E-state index in [1.54, 1.807) is 18.3 Å². The van der Waals surface area contributed by atoms with Crippen molar-refractivity contribution in [2.75, 3.05) is 0 Å². The maximum atomic E-state index is 13.4. The molecule has 6 heteroatoms. The summed E-state index contributed by atoms with van der Waals surface area (Å²) in [6.45, 7) is 1.99. The molecule has 0 bridgehead atoms. The summed E-state index contributed by atoms with van der Waals surface area (Å²) in [6.07, 6.45) is 2.37. The van der Waals surface area contributed by atoms with Gasteiger partial charge in [-0.3, -0.25) is 4.98 Å². The minimum absolute atomic E-state index is 0.0339. The van der Waals surface area contributed by atoms with E-state index in [0.717, 1.165) is 12.1 Å². The van der Waals surface area contributed by atoms with Crippen molar-refractivity contribution in [3.05, 3.63) is 51.5 Å². The third kappa shape index (κ3) is 3.48. The zero-order valence-electron chi connectivity index (χ0n) is 10.7. The second kappa shape index (κ2) is 6.52. The van der Waals surface area contributed by atoms with Crippen LogP contribution in [0.25, 0.3) is 0 Å². The normalized spacial score (nSPS) is 12.2. The van der Waals surface area contributed by atoms with Crippen LogP contribution in [0.1, 0.15) is 25.1 Å². The lowest BCUT2D eigenvalue weighted by atomic mass is 10.1. The maximum Gasteiger partial charge on any atom is 0.145 e. The number of hydrogen-bond acceptors (Lipinski definition) is 3. The van der Waals surface area contributed by atoms with Gasteiger partial charge in [-0.25, -0.2) is 4.39 Å².